The van der Waals surface area contributed by atoms with E-state index in [4.69, 9.17) is 4.99 Å². The zero-order valence-corrected chi connectivity index (χ0v) is 20.8. The summed E-state index contributed by atoms with van der Waals surface area (Å²) in [4.78, 5) is 21.5. The molecule has 0 bridgehead atoms. The Labute approximate surface area is 194 Å². The lowest BCUT2D eigenvalue weighted by Gasteiger charge is -2.30. The van der Waals surface area contributed by atoms with Crippen LogP contribution in [0, 0.1) is 5.92 Å². The van der Waals surface area contributed by atoms with E-state index >= 15 is 0 Å². The van der Waals surface area contributed by atoms with Gasteiger partial charge in [-0.1, -0.05) is 26.2 Å². The summed E-state index contributed by atoms with van der Waals surface area (Å²) in [6.45, 7) is 9.99. The zero-order valence-electron chi connectivity index (χ0n) is 18.5. The number of nitrogens with one attached hydrogen (secondary N) is 2. The number of carbonyl (C=O) groups is 1. The molecule has 0 aromatic heterocycles. The Balaban J connectivity index is 0.00000300. The Morgan fingerprint density at radius 2 is 1.83 bits per heavy atom. The van der Waals surface area contributed by atoms with Gasteiger partial charge in [0, 0.05) is 44.7 Å². The molecule has 0 aromatic carbocycles. The highest BCUT2D eigenvalue weighted by Gasteiger charge is 2.28. The summed E-state index contributed by atoms with van der Waals surface area (Å²) in [7, 11) is 0. The molecule has 1 saturated carbocycles. The fraction of sp³-hybridized carbons (Fsp3) is 0.909. The number of nitrogens with zero attached hydrogens (tertiary/aromatic N) is 3. The van der Waals surface area contributed by atoms with E-state index in [1.54, 1.807) is 0 Å². The lowest BCUT2D eigenvalue weighted by Crippen LogP contribution is -2.45. The van der Waals surface area contributed by atoms with Crippen molar-refractivity contribution in [1.82, 2.24) is 20.4 Å². The van der Waals surface area contributed by atoms with Gasteiger partial charge in [0.1, 0.15) is 0 Å². The van der Waals surface area contributed by atoms with Gasteiger partial charge in [-0.3, -0.25) is 14.7 Å². The summed E-state index contributed by atoms with van der Waals surface area (Å²) in [5, 5.41) is 6.98. The Morgan fingerprint density at radius 1 is 1.03 bits per heavy atom. The largest absolute Gasteiger partial charge is 0.357 e. The molecule has 2 atom stereocenters. The van der Waals surface area contributed by atoms with E-state index in [0.29, 0.717) is 18.5 Å². The van der Waals surface area contributed by atoms with Gasteiger partial charge in [-0.25, -0.2) is 0 Å². The van der Waals surface area contributed by atoms with Crippen LogP contribution < -0.4 is 10.6 Å². The maximum atomic E-state index is 11.9. The number of hydrogen-bond acceptors (Lipinski definition) is 3. The van der Waals surface area contributed by atoms with E-state index < -0.39 is 0 Å². The van der Waals surface area contributed by atoms with Crippen molar-refractivity contribution in [1.29, 1.82) is 0 Å². The number of aliphatic imine (C=N–C) groups is 1. The molecular formula is C22H42IN5O. The first-order valence-electron chi connectivity index (χ1n) is 11.8. The van der Waals surface area contributed by atoms with Crippen LogP contribution in [0.5, 0.6) is 0 Å². The molecule has 3 fully saturated rings. The van der Waals surface area contributed by atoms with Gasteiger partial charge in [0.2, 0.25) is 5.91 Å². The van der Waals surface area contributed by atoms with Crippen LogP contribution in [-0.4, -0.2) is 73.0 Å². The summed E-state index contributed by atoms with van der Waals surface area (Å²) in [5.41, 5.74) is 0. The van der Waals surface area contributed by atoms with Crippen LogP contribution in [-0.2, 0) is 4.79 Å². The molecule has 3 aliphatic rings. The molecule has 2 saturated heterocycles. The Hall–Kier alpha value is -0.570. The van der Waals surface area contributed by atoms with E-state index in [1.807, 2.05) is 11.8 Å². The van der Waals surface area contributed by atoms with Crippen LogP contribution in [0.3, 0.4) is 0 Å². The SMILES string of the molecule is CCNC(=NCC1CCCN1CC1CCCCC1)NC1CCN(C(=O)CC)C1.I. The number of amides is 1. The van der Waals surface area contributed by atoms with E-state index in [2.05, 4.69) is 22.5 Å². The highest BCUT2D eigenvalue weighted by molar-refractivity contribution is 14.0. The van der Waals surface area contributed by atoms with Crippen molar-refractivity contribution in [2.75, 3.05) is 39.3 Å². The lowest BCUT2D eigenvalue weighted by molar-refractivity contribution is -0.129. The molecule has 2 N–H and O–H groups in total. The molecule has 0 radical (unpaired) electrons. The van der Waals surface area contributed by atoms with E-state index in [1.165, 1.54) is 58.0 Å². The molecule has 1 amide bonds. The molecule has 168 valence electrons. The van der Waals surface area contributed by atoms with Crippen molar-refractivity contribution in [3.63, 3.8) is 0 Å². The van der Waals surface area contributed by atoms with Gasteiger partial charge in [0.15, 0.2) is 5.96 Å². The van der Waals surface area contributed by atoms with Crippen molar-refractivity contribution in [3.05, 3.63) is 0 Å². The maximum Gasteiger partial charge on any atom is 0.222 e. The van der Waals surface area contributed by atoms with E-state index in [0.717, 1.165) is 44.5 Å². The summed E-state index contributed by atoms with van der Waals surface area (Å²) < 4.78 is 0. The Kier molecular flexibility index (Phi) is 11.0. The molecule has 1 aliphatic carbocycles. The Bertz CT molecular complexity index is 523. The van der Waals surface area contributed by atoms with Crippen molar-refractivity contribution in [3.8, 4) is 0 Å². The molecule has 29 heavy (non-hydrogen) atoms. The molecule has 2 unspecified atom stereocenters. The first-order valence-corrected chi connectivity index (χ1v) is 11.8. The number of hydrogen-bond donors (Lipinski definition) is 2. The minimum Gasteiger partial charge on any atom is -0.357 e. The van der Waals surface area contributed by atoms with Crippen molar-refractivity contribution >= 4 is 35.8 Å². The highest BCUT2D eigenvalue weighted by Crippen LogP contribution is 2.27. The van der Waals surface area contributed by atoms with Crippen LogP contribution in [0.4, 0.5) is 0 Å². The van der Waals surface area contributed by atoms with Gasteiger partial charge >= 0.3 is 0 Å². The third-order valence-electron chi connectivity index (χ3n) is 6.71. The average Bonchev–Trinajstić information content (AvgIpc) is 3.36. The van der Waals surface area contributed by atoms with Crippen molar-refractivity contribution in [2.24, 2.45) is 10.9 Å². The van der Waals surface area contributed by atoms with Gasteiger partial charge < -0.3 is 15.5 Å². The number of carbonyl (C=O) groups excluding carboxylic acids is 1. The van der Waals surface area contributed by atoms with Crippen molar-refractivity contribution < 1.29 is 4.79 Å². The van der Waals surface area contributed by atoms with E-state index in [-0.39, 0.29) is 29.9 Å². The van der Waals surface area contributed by atoms with Crippen LogP contribution in [0.1, 0.15) is 71.6 Å². The number of rotatable bonds is 7. The first-order chi connectivity index (χ1) is 13.7. The normalized spacial score (nSPS) is 26.4. The molecule has 2 aliphatic heterocycles. The highest BCUT2D eigenvalue weighted by atomic mass is 127. The standard InChI is InChI=1S/C22H41N5O.HI/c1-3-21(28)27-14-12-19(17-27)25-22(23-4-2)24-15-20-11-8-13-26(20)16-18-9-6-5-7-10-18;/h18-20H,3-17H2,1-2H3,(H2,23,24,25);1H. The van der Waals surface area contributed by atoms with Gasteiger partial charge in [0.05, 0.1) is 6.54 Å². The smallest absolute Gasteiger partial charge is 0.222 e. The predicted molar refractivity (Wildman–Crippen MR) is 131 cm³/mol. The molecular weight excluding hydrogens is 477 g/mol. The second-order valence-corrected chi connectivity index (χ2v) is 8.84. The molecule has 0 spiro atoms. The molecule has 0 aromatic rings. The molecule has 3 rings (SSSR count). The maximum absolute atomic E-state index is 11.9. The van der Waals surface area contributed by atoms with Crippen molar-refractivity contribution in [2.45, 2.75) is 83.7 Å². The number of likely N-dealkylation sites (tertiary alicyclic amines) is 2. The second-order valence-electron chi connectivity index (χ2n) is 8.84. The third-order valence-corrected chi connectivity index (χ3v) is 6.71. The zero-order chi connectivity index (χ0) is 19.8. The summed E-state index contributed by atoms with van der Waals surface area (Å²) in [6, 6.07) is 0.911. The van der Waals surface area contributed by atoms with E-state index in [9.17, 15) is 4.79 Å². The minimum atomic E-state index is 0. The van der Waals surface area contributed by atoms with Gasteiger partial charge in [-0.2, -0.15) is 0 Å². The monoisotopic (exact) mass is 519 g/mol. The van der Waals surface area contributed by atoms with Gasteiger partial charge in [0.25, 0.3) is 0 Å². The first kappa shape index (κ1) is 24.7. The van der Waals surface area contributed by atoms with Crippen LogP contribution in [0.15, 0.2) is 4.99 Å². The van der Waals surface area contributed by atoms with Crippen LogP contribution in [0.2, 0.25) is 0 Å². The fourth-order valence-corrected chi connectivity index (χ4v) is 5.08. The van der Waals surface area contributed by atoms with Gasteiger partial charge in [-0.15, -0.1) is 24.0 Å². The summed E-state index contributed by atoms with van der Waals surface area (Å²) in [5.74, 6) is 2.09. The second kappa shape index (κ2) is 13.0. The lowest BCUT2D eigenvalue weighted by atomic mass is 9.89. The summed E-state index contributed by atoms with van der Waals surface area (Å²) >= 11 is 0. The summed E-state index contributed by atoms with van der Waals surface area (Å²) in [6.07, 6.45) is 11.3. The quantitative estimate of drug-likeness (QED) is 0.308. The van der Waals surface area contributed by atoms with Crippen LogP contribution >= 0.6 is 24.0 Å². The fourth-order valence-electron chi connectivity index (χ4n) is 5.08. The topological polar surface area (TPSA) is 60.0 Å². The molecule has 7 heteroatoms. The van der Waals surface area contributed by atoms with Crippen LogP contribution in [0.25, 0.3) is 0 Å². The molecule has 6 nitrogen and oxygen atoms in total. The average molecular weight is 520 g/mol. The predicted octanol–water partition coefficient (Wildman–Crippen LogP) is 3.22. The third kappa shape index (κ3) is 7.56. The number of guanidine groups is 1. The number of halogens is 1. The van der Waals surface area contributed by atoms with Gasteiger partial charge in [-0.05, 0) is 51.5 Å². The Morgan fingerprint density at radius 3 is 2.55 bits per heavy atom. The minimum absolute atomic E-state index is 0. The molecule has 2 heterocycles.